The monoisotopic (exact) mass is 428 g/mol. The number of nitrogens with one attached hydrogen (secondary N) is 3. The van der Waals surface area contributed by atoms with Crippen molar-refractivity contribution in [3.8, 4) is 0 Å². The molecule has 1 aromatic rings. The summed E-state index contributed by atoms with van der Waals surface area (Å²) in [6.07, 6.45) is -3.35. The van der Waals surface area contributed by atoms with Crippen molar-refractivity contribution in [3.63, 3.8) is 0 Å². The molecule has 0 radical (unpaired) electrons. The van der Waals surface area contributed by atoms with Gasteiger partial charge in [-0.2, -0.15) is 13.2 Å². The lowest BCUT2D eigenvalue weighted by molar-refractivity contribution is -0.138. The third kappa shape index (κ3) is 6.93. The van der Waals surface area contributed by atoms with Crippen molar-refractivity contribution < 1.29 is 27.6 Å². The first-order valence-corrected chi connectivity index (χ1v) is 9.69. The quantitative estimate of drug-likeness (QED) is 0.647. The molecule has 0 aromatic heterocycles. The summed E-state index contributed by atoms with van der Waals surface area (Å²) in [7, 11) is 0. The number of carbonyl (C=O) groups is 3. The highest BCUT2D eigenvalue weighted by Gasteiger charge is 2.34. The zero-order valence-corrected chi connectivity index (χ0v) is 17.2. The number of halogens is 3. The smallest absolute Gasteiger partial charge is 0.348 e. The van der Waals surface area contributed by atoms with Gasteiger partial charge in [-0.1, -0.05) is 12.1 Å². The molecule has 7 nitrogen and oxygen atoms in total. The van der Waals surface area contributed by atoms with Gasteiger partial charge in [-0.15, -0.1) is 0 Å². The maximum Gasteiger partial charge on any atom is 0.418 e. The van der Waals surface area contributed by atoms with Gasteiger partial charge in [0.1, 0.15) is 0 Å². The average Bonchev–Trinajstić information content (AvgIpc) is 2.64. The molecule has 2 rings (SSSR count). The molecule has 1 aromatic carbocycles. The summed E-state index contributed by atoms with van der Waals surface area (Å²) in [5.74, 6) is -2.09. The van der Waals surface area contributed by atoms with Crippen LogP contribution in [0.2, 0.25) is 0 Å². The first-order chi connectivity index (χ1) is 13.9. The van der Waals surface area contributed by atoms with Gasteiger partial charge in [-0.25, -0.2) is 4.79 Å². The van der Waals surface area contributed by atoms with Gasteiger partial charge in [0, 0.05) is 25.2 Å². The largest absolute Gasteiger partial charge is 0.418 e. The van der Waals surface area contributed by atoms with Crippen LogP contribution < -0.4 is 16.0 Å². The first kappa shape index (κ1) is 23.5. The molecular weight excluding hydrogens is 401 g/mol. The van der Waals surface area contributed by atoms with Crippen LogP contribution in [0.3, 0.4) is 0 Å². The summed E-state index contributed by atoms with van der Waals surface area (Å²) in [4.78, 5) is 37.8. The fourth-order valence-corrected chi connectivity index (χ4v) is 3.08. The van der Waals surface area contributed by atoms with E-state index < -0.39 is 29.2 Å². The van der Waals surface area contributed by atoms with E-state index in [9.17, 15) is 27.6 Å². The molecule has 3 N–H and O–H groups in total. The molecule has 1 saturated heterocycles. The van der Waals surface area contributed by atoms with E-state index >= 15 is 0 Å². The fourth-order valence-electron chi connectivity index (χ4n) is 3.08. The molecule has 0 aliphatic carbocycles. The zero-order valence-electron chi connectivity index (χ0n) is 17.2. The van der Waals surface area contributed by atoms with Crippen LogP contribution in [0.4, 0.5) is 23.7 Å². The Morgan fingerprint density at radius 3 is 2.20 bits per heavy atom. The Bertz CT molecular complexity index is 782. The predicted octanol–water partition coefficient (Wildman–Crippen LogP) is 2.98. The SMILES string of the molecule is CC(C)(C)NC(=O)N1CCC(CNC(=O)C(=O)Nc2ccccc2C(F)(F)F)CC1. The van der Waals surface area contributed by atoms with Gasteiger partial charge >= 0.3 is 24.0 Å². The van der Waals surface area contributed by atoms with E-state index in [0.717, 1.165) is 12.1 Å². The summed E-state index contributed by atoms with van der Waals surface area (Å²) in [6, 6.07) is 4.32. The molecule has 1 heterocycles. The highest BCUT2D eigenvalue weighted by Crippen LogP contribution is 2.34. The lowest BCUT2D eigenvalue weighted by Gasteiger charge is -2.34. The van der Waals surface area contributed by atoms with Crippen LogP contribution >= 0.6 is 0 Å². The van der Waals surface area contributed by atoms with Crippen LogP contribution in [0.25, 0.3) is 0 Å². The number of alkyl halides is 3. The minimum absolute atomic E-state index is 0.0721. The number of rotatable bonds is 3. The highest BCUT2D eigenvalue weighted by molar-refractivity contribution is 6.39. The summed E-state index contributed by atoms with van der Waals surface area (Å²) in [5.41, 5.74) is -1.82. The Kier molecular flexibility index (Phi) is 7.33. The second-order valence-electron chi connectivity index (χ2n) is 8.32. The van der Waals surface area contributed by atoms with Crippen molar-refractivity contribution in [2.45, 2.75) is 45.3 Å². The second kappa shape index (κ2) is 9.36. The van der Waals surface area contributed by atoms with Crippen molar-refractivity contribution in [1.29, 1.82) is 0 Å². The fraction of sp³-hybridized carbons (Fsp3) is 0.550. The molecule has 1 fully saturated rings. The number of amides is 4. The number of likely N-dealkylation sites (tertiary alicyclic amines) is 1. The van der Waals surface area contributed by atoms with Gasteiger partial charge < -0.3 is 20.9 Å². The number of hydrogen-bond acceptors (Lipinski definition) is 3. The van der Waals surface area contributed by atoms with Crippen molar-refractivity contribution in [3.05, 3.63) is 29.8 Å². The van der Waals surface area contributed by atoms with E-state index in [0.29, 0.717) is 25.9 Å². The third-order valence-electron chi connectivity index (χ3n) is 4.62. The van der Waals surface area contributed by atoms with E-state index in [2.05, 4.69) is 10.6 Å². The lowest BCUT2D eigenvalue weighted by atomic mass is 9.97. The summed E-state index contributed by atoms with van der Waals surface area (Å²) in [6.45, 7) is 6.94. The van der Waals surface area contributed by atoms with Crippen molar-refractivity contribution in [2.24, 2.45) is 5.92 Å². The van der Waals surface area contributed by atoms with Crippen LogP contribution in [0.15, 0.2) is 24.3 Å². The molecule has 166 valence electrons. The molecule has 1 aliphatic rings. The zero-order chi connectivity index (χ0) is 22.5. The molecule has 0 spiro atoms. The van der Waals surface area contributed by atoms with E-state index in [-0.39, 0.29) is 24.0 Å². The van der Waals surface area contributed by atoms with Crippen molar-refractivity contribution >= 4 is 23.5 Å². The molecule has 0 saturated carbocycles. The normalized spacial score (nSPS) is 15.5. The van der Waals surface area contributed by atoms with Gasteiger partial charge in [-0.3, -0.25) is 9.59 Å². The van der Waals surface area contributed by atoms with E-state index in [1.807, 2.05) is 26.1 Å². The highest BCUT2D eigenvalue weighted by atomic mass is 19.4. The molecule has 0 atom stereocenters. The molecule has 4 amide bonds. The molecule has 10 heteroatoms. The Balaban J connectivity index is 1.81. The maximum atomic E-state index is 13.0. The van der Waals surface area contributed by atoms with Crippen LogP contribution in [-0.4, -0.2) is 47.9 Å². The molecule has 0 bridgehead atoms. The van der Waals surface area contributed by atoms with Gasteiger partial charge in [0.15, 0.2) is 0 Å². The minimum Gasteiger partial charge on any atom is -0.348 e. The Labute approximate surface area is 173 Å². The third-order valence-corrected chi connectivity index (χ3v) is 4.62. The first-order valence-electron chi connectivity index (χ1n) is 9.69. The number of urea groups is 1. The van der Waals surface area contributed by atoms with Crippen LogP contribution in [0.1, 0.15) is 39.2 Å². The number of para-hydroxylation sites is 1. The number of carbonyl (C=O) groups excluding carboxylic acids is 3. The van der Waals surface area contributed by atoms with Crippen LogP contribution in [-0.2, 0) is 15.8 Å². The predicted molar refractivity (Wildman–Crippen MR) is 106 cm³/mol. The van der Waals surface area contributed by atoms with E-state index in [4.69, 9.17) is 0 Å². The summed E-state index contributed by atoms with van der Waals surface area (Å²) < 4.78 is 39.0. The minimum atomic E-state index is -4.65. The number of hydrogen-bond donors (Lipinski definition) is 3. The number of benzene rings is 1. The number of nitrogens with zero attached hydrogens (tertiary/aromatic N) is 1. The summed E-state index contributed by atoms with van der Waals surface area (Å²) in [5, 5.41) is 7.37. The maximum absolute atomic E-state index is 13.0. The summed E-state index contributed by atoms with van der Waals surface area (Å²) >= 11 is 0. The van der Waals surface area contributed by atoms with Crippen molar-refractivity contribution in [1.82, 2.24) is 15.5 Å². The Morgan fingerprint density at radius 2 is 1.63 bits per heavy atom. The topological polar surface area (TPSA) is 90.5 Å². The van der Waals surface area contributed by atoms with Crippen LogP contribution in [0, 0.1) is 5.92 Å². The molecule has 0 unspecified atom stereocenters. The molecule has 1 aliphatic heterocycles. The second-order valence-corrected chi connectivity index (χ2v) is 8.32. The Morgan fingerprint density at radius 1 is 1.03 bits per heavy atom. The van der Waals surface area contributed by atoms with Gasteiger partial charge in [0.05, 0.1) is 11.3 Å². The number of anilines is 1. The Hall–Kier alpha value is -2.78. The van der Waals surface area contributed by atoms with E-state index in [1.54, 1.807) is 4.90 Å². The van der Waals surface area contributed by atoms with Crippen molar-refractivity contribution in [2.75, 3.05) is 25.0 Å². The number of piperidine rings is 1. The van der Waals surface area contributed by atoms with Gasteiger partial charge in [-0.05, 0) is 51.7 Å². The van der Waals surface area contributed by atoms with Crippen LogP contribution in [0.5, 0.6) is 0 Å². The standard InChI is InChI=1S/C20H27F3N4O3/c1-19(2,3)26-18(30)27-10-8-13(9-11-27)12-24-16(28)17(29)25-15-7-5-4-6-14(15)20(21,22)23/h4-7,13H,8-12H2,1-3H3,(H,24,28)(H,25,29)(H,26,30). The van der Waals surface area contributed by atoms with E-state index in [1.165, 1.54) is 12.1 Å². The van der Waals surface area contributed by atoms with Gasteiger partial charge in [0.2, 0.25) is 0 Å². The molecular formula is C20H27F3N4O3. The lowest BCUT2D eigenvalue weighted by Crippen LogP contribution is -2.51. The average molecular weight is 428 g/mol. The molecule has 30 heavy (non-hydrogen) atoms. The van der Waals surface area contributed by atoms with Gasteiger partial charge in [0.25, 0.3) is 0 Å².